The quantitative estimate of drug-likeness (QED) is 0.505. The van der Waals surface area contributed by atoms with Crippen molar-refractivity contribution in [3.8, 4) is 11.5 Å². The summed E-state index contributed by atoms with van der Waals surface area (Å²) in [5.41, 5.74) is 1.74. The minimum atomic E-state index is -0.773. The van der Waals surface area contributed by atoms with Gasteiger partial charge in [0, 0.05) is 0 Å². The van der Waals surface area contributed by atoms with Crippen molar-refractivity contribution in [2.45, 2.75) is 19.9 Å². The minimum Gasteiger partial charge on any atom is -0.493 e. The molecule has 0 N–H and O–H groups in total. The number of ether oxygens (including phenoxy) is 3. The van der Waals surface area contributed by atoms with Crippen LogP contribution in [0.4, 0.5) is 4.39 Å². The number of hydrogen-bond acceptors (Lipinski definition) is 7. The molecule has 34 heavy (non-hydrogen) atoms. The van der Waals surface area contributed by atoms with Crippen LogP contribution in [0.3, 0.4) is 0 Å². The Bertz CT molecular complexity index is 1450. The summed E-state index contributed by atoms with van der Waals surface area (Å²) in [4.78, 5) is 31.5. The largest absolute Gasteiger partial charge is 0.493 e. The fourth-order valence-corrected chi connectivity index (χ4v) is 4.89. The molecule has 176 valence electrons. The highest BCUT2D eigenvalue weighted by Crippen LogP contribution is 2.36. The summed E-state index contributed by atoms with van der Waals surface area (Å²) in [5, 5.41) is 0. The van der Waals surface area contributed by atoms with Crippen molar-refractivity contribution in [3.05, 3.63) is 90.4 Å². The lowest BCUT2D eigenvalue weighted by Gasteiger charge is -2.25. The van der Waals surface area contributed by atoms with Gasteiger partial charge in [0.2, 0.25) is 0 Å². The average Bonchev–Trinajstić information content (AvgIpc) is 3.13. The van der Waals surface area contributed by atoms with Gasteiger partial charge >= 0.3 is 5.97 Å². The summed E-state index contributed by atoms with van der Waals surface area (Å²) in [5.74, 6) is 0.0813. The van der Waals surface area contributed by atoms with Gasteiger partial charge in [0.05, 0.1) is 42.7 Å². The predicted molar refractivity (Wildman–Crippen MR) is 126 cm³/mol. The molecule has 0 saturated heterocycles. The molecular weight excluding hydrogens is 459 g/mol. The van der Waals surface area contributed by atoms with Crippen molar-refractivity contribution in [2.24, 2.45) is 4.99 Å². The van der Waals surface area contributed by atoms with Gasteiger partial charge in [0.25, 0.3) is 5.56 Å². The zero-order chi connectivity index (χ0) is 24.4. The highest BCUT2D eigenvalue weighted by atomic mass is 32.1. The highest BCUT2D eigenvalue weighted by Gasteiger charge is 2.33. The van der Waals surface area contributed by atoms with E-state index in [0.29, 0.717) is 37.7 Å². The van der Waals surface area contributed by atoms with Crippen LogP contribution in [0.1, 0.15) is 31.0 Å². The van der Waals surface area contributed by atoms with Gasteiger partial charge in [-0.05, 0) is 55.3 Å². The predicted octanol–water partition coefficient (Wildman–Crippen LogP) is 2.95. The van der Waals surface area contributed by atoms with E-state index in [1.165, 1.54) is 42.3 Å². The number of thiazole rings is 1. The first-order valence-corrected chi connectivity index (χ1v) is 11.4. The first kappa shape index (κ1) is 23.4. The lowest BCUT2D eigenvalue weighted by atomic mass is 9.95. The molecule has 0 aliphatic carbocycles. The zero-order valence-corrected chi connectivity index (χ0v) is 19.9. The molecule has 0 spiro atoms. The van der Waals surface area contributed by atoms with Crippen LogP contribution in [0.25, 0.3) is 6.08 Å². The maximum absolute atomic E-state index is 13.6. The Balaban J connectivity index is 1.96. The van der Waals surface area contributed by atoms with Crippen LogP contribution in [0, 0.1) is 5.82 Å². The Morgan fingerprint density at radius 1 is 1.15 bits per heavy atom. The molecule has 1 atom stereocenters. The van der Waals surface area contributed by atoms with Gasteiger partial charge in [-0.2, -0.15) is 0 Å². The first-order valence-electron chi connectivity index (χ1n) is 10.5. The highest BCUT2D eigenvalue weighted by molar-refractivity contribution is 7.07. The third kappa shape index (κ3) is 4.26. The number of allylic oxidation sites excluding steroid dienone is 1. The number of fused-ring (bicyclic) bond motifs is 1. The van der Waals surface area contributed by atoms with E-state index in [9.17, 15) is 14.0 Å². The molecule has 0 amide bonds. The van der Waals surface area contributed by atoms with Crippen molar-refractivity contribution >= 4 is 23.4 Å². The molecule has 0 unspecified atom stereocenters. The Labute approximate surface area is 199 Å². The van der Waals surface area contributed by atoms with Crippen LogP contribution in [0.5, 0.6) is 11.5 Å². The Morgan fingerprint density at radius 2 is 1.85 bits per heavy atom. The fourth-order valence-electron chi connectivity index (χ4n) is 3.84. The van der Waals surface area contributed by atoms with Gasteiger partial charge in [-0.15, -0.1) is 0 Å². The molecule has 4 rings (SSSR count). The molecule has 0 saturated carbocycles. The number of carbonyl (C=O) groups is 1. The number of nitrogens with zero attached hydrogens (tertiary/aromatic N) is 2. The molecule has 0 radical (unpaired) electrons. The van der Waals surface area contributed by atoms with Gasteiger partial charge in [0.15, 0.2) is 16.3 Å². The van der Waals surface area contributed by atoms with Crippen molar-refractivity contribution in [2.75, 3.05) is 20.8 Å². The van der Waals surface area contributed by atoms with Crippen molar-refractivity contribution in [1.82, 2.24) is 4.57 Å². The number of esters is 1. The van der Waals surface area contributed by atoms with Crippen LogP contribution in [0.15, 0.2) is 63.5 Å². The van der Waals surface area contributed by atoms with Crippen LogP contribution in [0.2, 0.25) is 0 Å². The van der Waals surface area contributed by atoms with Gasteiger partial charge in [-0.1, -0.05) is 29.5 Å². The molecule has 2 aromatic carbocycles. The van der Waals surface area contributed by atoms with E-state index < -0.39 is 12.0 Å². The standard InChI is InChI=1S/C25H23FN2O5S/c1-5-33-24(30)21-14(2)27-25-28(22(21)16-8-11-18(31-3)19(13-16)32-4)23(29)20(34-25)12-15-6-9-17(26)10-7-15/h6-13,22H,5H2,1-4H3/b20-12+/t22-/m0/s1. The van der Waals surface area contributed by atoms with E-state index in [1.54, 1.807) is 50.3 Å². The van der Waals surface area contributed by atoms with E-state index in [-0.39, 0.29) is 23.6 Å². The van der Waals surface area contributed by atoms with E-state index in [0.717, 1.165) is 0 Å². The monoisotopic (exact) mass is 482 g/mol. The van der Waals surface area contributed by atoms with Crippen LogP contribution < -0.4 is 24.4 Å². The van der Waals surface area contributed by atoms with Crippen LogP contribution >= 0.6 is 11.3 Å². The fraction of sp³-hybridized carbons (Fsp3) is 0.240. The van der Waals surface area contributed by atoms with Gasteiger partial charge in [-0.3, -0.25) is 9.36 Å². The number of halogens is 1. The molecule has 1 aromatic heterocycles. The molecule has 1 aliphatic rings. The van der Waals surface area contributed by atoms with E-state index in [1.807, 2.05) is 0 Å². The van der Waals surface area contributed by atoms with Crippen LogP contribution in [-0.4, -0.2) is 31.4 Å². The summed E-state index contributed by atoms with van der Waals surface area (Å²) in [6.45, 7) is 3.62. The SMILES string of the molecule is CCOC(=O)C1=C(C)N=c2s/c(=C/c3ccc(F)cc3)c(=O)n2[C@H]1c1ccc(OC)c(OC)c1. The number of aromatic nitrogens is 1. The zero-order valence-electron chi connectivity index (χ0n) is 19.1. The van der Waals surface area contributed by atoms with E-state index in [2.05, 4.69) is 4.99 Å². The molecular formula is C25H23FN2O5S. The second kappa shape index (κ2) is 9.64. The third-order valence-electron chi connectivity index (χ3n) is 5.41. The summed E-state index contributed by atoms with van der Waals surface area (Å²) in [7, 11) is 3.05. The minimum absolute atomic E-state index is 0.184. The first-order chi connectivity index (χ1) is 16.4. The molecule has 7 nitrogen and oxygen atoms in total. The molecule has 0 fully saturated rings. The van der Waals surface area contributed by atoms with Crippen LogP contribution in [-0.2, 0) is 9.53 Å². The number of carbonyl (C=O) groups excluding carboxylic acids is 1. The van der Waals surface area contributed by atoms with E-state index in [4.69, 9.17) is 14.2 Å². The third-order valence-corrected chi connectivity index (χ3v) is 6.39. The Hall–Kier alpha value is -3.72. The topological polar surface area (TPSA) is 79.1 Å². The number of methoxy groups -OCH3 is 2. The lowest BCUT2D eigenvalue weighted by molar-refractivity contribution is -0.139. The Kier molecular flexibility index (Phi) is 6.65. The molecule has 9 heteroatoms. The molecule has 1 aliphatic heterocycles. The number of rotatable bonds is 6. The lowest BCUT2D eigenvalue weighted by Crippen LogP contribution is -2.39. The number of benzene rings is 2. The van der Waals surface area contributed by atoms with Crippen molar-refractivity contribution in [3.63, 3.8) is 0 Å². The second-order valence-electron chi connectivity index (χ2n) is 7.47. The molecule has 2 heterocycles. The van der Waals surface area contributed by atoms with Crippen molar-refractivity contribution in [1.29, 1.82) is 0 Å². The van der Waals surface area contributed by atoms with Gasteiger partial charge in [-0.25, -0.2) is 14.2 Å². The normalized spacial score (nSPS) is 15.6. The van der Waals surface area contributed by atoms with Gasteiger partial charge in [0.1, 0.15) is 5.82 Å². The molecule has 0 bridgehead atoms. The van der Waals surface area contributed by atoms with Crippen molar-refractivity contribution < 1.29 is 23.4 Å². The van der Waals surface area contributed by atoms with Gasteiger partial charge < -0.3 is 14.2 Å². The maximum Gasteiger partial charge on any atom is 0.338 e. The smallest absolute Gasteiger partial charge is 0.338 e. The maximum atomic E-state index is 13.6. The Morgan fingerprint density at radius 3 is 2.50 bits per heavy atom. The second-order valence-corrected chi connectivity index (χ2v) is 8.48. The average molecular weight is 483 g/mol. The number of hydrogen-bond donors (Lipinski definition) is 0. The summed E-state index contributed by atoms with van der Waals surface area (Å²) in [6.07, 6.45) is 1.68. The van der Waals surface area contributed by atoms with E-state index >= 15 is 0 Å². The summed E-state index contributed by atoms with van der Waals surface area (Å²) in [6, 6.07) is 10.3. The summed E-state index contributed by atoms with van der Waals surface area (Å²) < 4.78 is 31.3. The molecule has 3 aromatic rings. The summed E-state index contributed by atoms with van der Waals surface area (Å²) >= 11 is 1.20.